The number of hydrogen-bond acceptors (Lipinski definition) is 4. The second kappa shape index (κ2) is 7.31. The monoisotopic (exact) mass is 302 g/mol. The molecular weight excluding hydrogens is 276 g/mol. The largest absolute Gasteiger partial charge is 0.397 e. The lowest BCUT2D eigenvalue weighted by Gasteiger charge is -2.34. The summed E-state index contributed by atoms with van der Waals surface area (Å²) >= 11 is 0. The zero-order valence-electron chi connectivity index (χ0n) is 13.4. The molecule has 1 heterocycles. The summed E-state index contributed by atoms with van der Waals surface area (Å²) in [5, 5.41) is 3.17. The molecule has 0 spiro atoms. The molecule has 0 aliphatic carbocycles. The third-order valence-electron chi connectivity index (χ3n) is 4.07. The second-order valence-corrected chi connectivity index (χ2v) is 5.82. The zero-order valence-corrected chi connectivity index (χ0v) is 13.4. The van der Waals surface area contributed by atoms with Gasteiger partial charge in [0.2, 0.25) is 5.91 Å². The van der Waals surface area contributed by atoms with E-state index in [1.54, 1.807) is 6.92 Å². The molecule has 0 unspecified atom stereocenters. The summed E-state index contributed by atoms with van der Waals surface area (Å²) in [6, 6.07) is 6.32. The first kappa shape index (κ1) is 16.4. The Kier molecular flexibility index (Phi) is 5.44. The van der Waals surface area contributed by atoms with Crippen LogP contribution in [0.2, 0.25) is 0 Å². The Balaban J connectivity index is 2.19. The summed E-state index contributed by atoms with van der Waals surface area (Å²) in [4.78, 5) is 13.7. The number of carbonyl (C=O) groups excluding carboxylic acids is 1. The number of fused-ring (bicyclic) bond motifs is 1. The minimum absolute atomic E-state index is 0.0909. The van der Waals surface area contributed by atoms with Crippen LogP contribution >= 0.6 is 0 Å². The Morgan fingerprint density at radius 1 is 1.50 bits per heavy atom. The fourth-order valence-corrected chi connectivity index (χ4v) is 2.88. The normalized spacial score (nSPS) is 18.0. The predicted octanol–water partition coefficient (Wildman–Crippen LogP) is 1.57. The van der Waals surface area contributed by atoms with Crippen LogP contribution < -0.4 is 21.7 Å². The van der Waals surface area contributed by atoms with E-state index in [1.165, 1.54) is 5.56 Å². The second-order valence-electron chi connectivity index (χ2n) is 5.82. The average molecular weight is 302 g/mol. The maximum Gasteiger partial charge on any atom is 0.224 e. The van der Waals surface area contributed by atoms with Crippen molar-refractivity contribution in [3.05, 3.63) is 35.5 Å². The molecule has 1 amide bonds. The first-order valence-electron chi connectivity index (χ1n) is 7.86. The highest BCUT2D eigenvalue weighted by molar-refractivity contribution is 5.93. The van der Waals surface area contributed by atoms with Crippen molar-refractivity contribution in [3.63, 3.8) is 0 Å². The first-order chi connectivity index (χ1) is 10.5. The van der Waals surface area contributed by atoms with Gasteiger partial charge in [-0.05, 0) is 56.0 Å². The van der Waals surface area contributed by atoms with Gasteiger partial charge in [0.05, 0.1) is 5.70 Å². The predicted molar refractivity (Wildman–Crippen MR) is 91.2 cm³/mol. The van der Waals surface area contributed by atoms with Crippen LogP contribution in [0.5, 0.6) is 0 Å². The number of anilines is 1. The van der Waals surface area contributed by atoms with Gasteiger partial charge >= 0.3 is 0 Å². The van der Waals surface area contributed by atoms with Gasteiger partial charge in [-0.2, -0.15) is 0 Å². The van der Waals surface area contributed by atoms with E-state index in [1.807, 2.05) is 23.2 Å². The standard InChI is InChI=1S/C17H26N4O/c1-12-4-5-15-10-14(16(19)11-20-9-3-8-18)6-7-17(15)21(12)13(2)22/h6-7,10-12,20H,3-5,8-9,18-19H2,1-2H3/b16-11-/t12-/m0/s1. The van der Waals surface area contributed by atoms with Crippen molar-refractivity contribution in [3.8, 4) is 0 Å². The Morgan fingerprint density at radius 2 is 2.27 bits per heavy atom. The molecule has 1 aliphatic heterocycles. The minimum atomic E-state index is 0.0909. The number of benzene rings is 1. The zero-order chi connectivity index (χ0) is 16.1. The number of aryl methyl sites for hydroxylation is 1. The van der Waals surface area contributed by atoms with Crippen LogP contribution in [-0.4, -0.2) is 25.0 Å². The highest BCUT2D eigenvalue weighted by atomic mass is 16.2. The highest BCUT2D eigenvalue weighted by Crippen LogP contribution is 2.32. The summed E-state index contributed by atoms with van der Waals surface area (Å²) in [5.74, 6) is 0.0909. The molecule has 0 radical (unpaired) electrons. The Labute approximate surface area is 132 Å². The molecular formula is C17H26N4O. The molecule has 0 fully saturated rings. The van der Waals surface area contributed by atoms with Gasteiger partial charge in [0.25, 0.3) is 0 Å². The molecule has 0 bridgehead atoms. The van der Waals surface area contributed by atoms with Crippen molar-refractivity contribution in [2.75, 3.05) is 18.0 Å². The number of carbonyl (C=O) groups is 1. The fourth-order valence-electron chi connectivity index (χ4n) is 2.88. The van der Waals surface area contributed by atoms with E-state index in [4.69, 9.17) is 11.5 Å². The molecule has 0 saturated heterocycles. The lowest BCUT2D eigenvalue weighted by molar-refractivity contribution is -0.117. The molecule has 5 N–H and O–H groups in total. The number of nitrogens with one attached hydrogen (secondary N) is 1. The van der Waals surface area contributed by atoms with Gasteiger partial charge in [-0.1, -0.05) is 6.07 Å². The third-order valence-corrected chi connectivity index (χ3v) is 4.07. The highest BCUT2D eigenvalue weighted by Gasteiger charge is 2.26. The van der Waals surface area contributed by atoms with Crippen LogP contribution in [0.15, 0.2) is 24.4 Å². The van der Waals surface area contributed by atoms with Crippen molar-refractivity contribution in [2.45, 2.75) is 39.2 Å². The third kappa shape index (κ3) is 3.60. The smallest absolute Gasteiger partial charge is 0.224 e. The topological polar surface area (TPSA) is 84.4 Å². The number of rotatable bonds is 5. The van der Waals surface area contributed by atoms with Crippen LogP contribution in [0, 0.1) is 0 Å². The van der Waals surface area contributed by atoms with Crippen molar-refractivity contribution in [2.24, 2.45) is 11.5 Å². The SMILES string of the molecule is CC(=O)N1c2ccc(/C(N)=C/NCCCN)cc2CC[C@@H]1C. The molecule has 1 aliphatic rings. The Morgan fingerprint density at radius 3 is 2.95 bits per heavy atom. The lowest BCUT2D eigenvalue weighted by Crippen LogP contribution is -2.40. The maximum absolute atomic E-state index is 11.9. The number of hydrogen-bond donors (Lipinski definition) is 3. The van der Waals surface area contributed by atoms with E-state index in [0.29, 0.717) is 12.2 Å². The first-order valence-corrected chi connectivity index (χ1v) is 7.86. The maximum atomic E-state index is 11.9. The molecule has 22 heavy (non-hydrogen) atoms. The molecule has 5 heteroatoms. The van der Waals surface area contributed by atoms with E-state index in [-0.39, 0.29) is 11.9 Å². The van der Waals surface area contributed by atoms with Crippen LogP contribution in [0.4, 0.5) is 5.69 Å². The quantitative estimate of drug-likeness (QED) is 0.721. The van der Waals surface area contributed by atoms with Gasteiger partial charge in [0.1, 0.15) is 0 Å². The van der Waals surface area contributed by atoms with Crippen molar-refractivity contribution >= 4 is 17.3 Å². The van der Waals surface area contributed by atoms with E-state index in [2.05, 4.69) is 18.3 Å². The molecule has 5 nitrogen and oxygen atoms in total. The Bertz CT molecular complexity index is 568. The van der Waals surface area contributed by atoms with Gasteiger partial charge in [-0.3, -0.25) is 4.79 Å². The molecule has 1 aromatic carbocycles. The van der Waals surface area contributed by atoms with E-state index in [9.17, 15) is 4.79 Å². The molecule has 0 saturated carbocycles. The van der Waals surface area contributed by atoms with Gasteiger partial charge in [-0.15, -0.1) is 0 Å². The number of nitrogens with zero attached hydrogens (tertiary/aromatic N) is 1. The van der Waals surface area contributed by atoms with Crippen LogP contribution in [-0.2, 0) is 11.2 Å². The van der Waals surface area contributed by atoms with Crippen LogP contribution in [0.1, 0.15) is 37.8 Å². The minimum Gasteiger partial charge on any atom is -0.397 e. The molecule has 2 rings (SSSR count). The van der Waals surface area contributed by atoms with E-state index in [0.717, 1.165) is 37.1 Å². The van der Waals surface area contributed by atoms with Crippen molar-refractivity contribution in [1.29, 1.82) is 0 Å². The van der Waals surface area contributed by atoms with Gasteiger partial charge in [0, 0.05) is 31.4 Å². The molecule has 120 valence electrons. The summed E-state index contributed by atoms with van der Waals surface area (Å²) in [5.41, 5.74) is 15.5. The van der Waals surface area contributed by atoms with Crippen molar-refractivity contribution < 1.29 is 4.79 Å². The molecule has 1 aromatic rings. The summed E-state index contributed by atoms with van der Waals surface area (Å²) in [7, 11) is 0. The summed E-state index contributed by atoms with van der Waals surface area (Å²) < 4.78 is 0. The van der Waals surface area contributed by atoms with Crippen LogP contribution in [0.3, 0.4) is 0 Å². The average Bonchev–Trinajstić information content (AvgIpc) is 2.50. The number of nitrogens with two attached hydrogens (primary N) is 2. The van der Waals surface area contributed by atoms with Gasteiger partial charge < -0.3 is 21.7 Å². The van der Waals surface area contributed by atoms with E-state index >= 15 is 0 Å². The summed E-state index contributed by atoms with van der Waals surface area (Å²) in [6.07, 6.45) is 4.70. The van der Waals surface area contributed by atoms with Crippen LogP contribution in [0.25, 0.3) is 5.70 Å². The van der Waals surface area contributed by atoms with Crippen molar-refractivity contribution in [1.82, 2.24) is 5.32 Å². The molecule has 0 aromatic heterocycles. The number of amides is 1. The van der Waals surface area contributed by atoms with Gasteiger partial charge in [-0.25, -0.2) is 0 Å². The van der Waals surface area contributed by atoms with Gasteiger partial charge in [0.15, 0.2) is 0 Å². The Hall–Kier alpha value is -2.01. The molecule has 1 atom stereocenters. The fraction of sp³-hybridized carbons (Fsp3) is 0.471. The summed E-state index contributed by atoms with van der Waals surface area (Å²) in [6.45, 7) is 5.19. The van der Waals surface area contributed by atoms with E-state index < -0.39 is 0 Å². The lowest BCUT2D eigenvalue weighted by atomic mass is 9.94.